The minimum Gasteiger partial charge on any atom is -0.461 e. The Kier molecular flexibility index (Phi) is 3.78. The average molecular weight is 229 g/mol. The molecule has 1 amide bonds. The lowest BCUT2D eigenvalue weighted by Gasteiger charge is -2.20. The number of esters is 1. The van der Waals surface area contributed by atoms with Crippen molar-refractivity contribution in [3.63, 3.8) is 0 Å². The molecule has 92 valence electrons. The van der Waals surface area contributed by atoms with Gasteiger partial charge in [-0.2, -0.15) is 0 Å². The standard InChI is InChI=1S/C11H19NO4/c1-5-7-6-8(9(13)15-7)12-10(14)16-11(2,3)4/h7-8H,5-6H2,1-4H3,(H,12,14)/t7-,8-/m0/s1. The van der Waals surface area contributed by atoms with Gasteiger partial charge in [0.15, 0.2) is 0 Å². The van der Waals surface area contributed by atoms with E-state index in [2.05, 4.69) is 5.32 Å². The van der Waals surface area contributed by atoms with Crippen LogP contribution in [0.2, 0.25) is 0 Å². The first-order valence-corrected chi connectivity index (χ1v) is 5.52. The molecule has 1 rings (SSSR count). The molecule has 0 unspecified atom stereocenters. The smallest absolute Gasteiger partial charge is 0.408 e. The van der Waals surface area contributed by atoms with Crippen LogP contribution in [0.3, 0.4) is 0 Å². The summed E-state index contributed by atoms with van der Waals surface area (Å²) in [6.45, 7) is 7.25. The fourth-order valence-corrected chi connectivity index (χ4v) is 1.47. The number of carbonyl (C=O) groups is 2. The molecule has 1 fully saturated rings. The van der Waals surface area contributed by atoms with Crippen molar-refractivity contribution in [1.29, 1.82) is 0 Å². The molecule has 1 saturated heterocycles. The van der Waals surface area contributed by atoms with Gasteiger partial charge >= 0.3 is 12.1 Å². The maximum atomic E-state index is 11.4. The van der Waals surface area contributed by atoms with E-state index < -0.39 is 17.7 Å². The Balaban J connectivity index is 2.43. The molecule has 1 aliphatic rings. The molecule has 1 heterocycles. The van der Waals surface area contributed by atoms with E-state index >= 15 is 0 Å². The molecule has 2 atom stereocenters. The van der Waals surface area contributed by atoms with Gasteiger partial charge < -0.3 is 14.8 Å². The highest BCUT2D eigenvalue weighted by Crippen LogP contribution is 2.18. The van der Waals surface area contributed by atoms with Crippen LogP contribution in [0.15, 0.2) is 0 Å². The third kappa shape index (κ3) is 3.72. The largest absolute Gasteiger partial charge is 0.461 e. The minimum atomic E-state index is -0.578. The van der Waals surface area contributed by atoms with Gasteiger partial charge in [0.05, 0.1) is 0 Å². The number of ether oxygens (including phenoxy) is 2. The van der Waals surface area contributed by atoms with Crippen molar-refractivity contribution in [2.45, 2.75) is 58.3 Å². The van der Waals surface area contributed by atoms with Crippen LogP contribution in [0.1, 0.15) is 40.5 Å². The van der Waals surface area contributed by atoms with E-state index in [1.54, 1.807) is 20.8 Å². The van der Waals surface area contributed by atoms with E-state index in [0.29, 0.717) is 6.42 Å². The molecular formula is C11H19NO4. The van der Waals surface area contributed by atoms with Gasteiger partial charge in [-0.15, -0.1) is 0 Å². The molecule has 0 aromatic heterocycles. The molecule has 0 aromatic rings. The Morgan fingerprint density at radius 3 is 2.62 bits per heavy atom. The maximum Gasteiger partial charge on any atom is 0.408 e. The zero-order chi connectivity index (χ0) is 12.3. The zero-order valence-corrected chi connectivity index (χ0v) is 10.2. The summed E-state index contributed by atoms with van der Waals surface area (Å²) in [6, 6.07) is -0.570. The molecule has 0 bridgehead atoms. The van der Waals surface area contributed by atoms with Crippen molar-refractivity contribution >= 4 is 12.1 Å². The Bertz CT molecular complexity index is 282. The second kappa shape index (κ2) is 4.72. The van der Waals surface area contributed by atoms with Gasteiger partial charge in [0.1, 0.15) is 17.7 Å². The third-order valence-electron chi connectivity index (χ3n) is 2.21. The highest BCUT2D eigenvalue weighted by atomic mass is 16.6. The summed E-state index contributed by atoms with van der Waals surface area (Å²) in [4.78, 5) is 22.8. The van der Waals surface area contributed by atoms with Gasteiger partial charge in [0, 0.05) is 6.42 Å². The molecule has 1 N–H and O–H groups in total. The summed E-state index contributed by atoms with van der Waals surface area (Å²) in [7, 11) is 0. The second-order valence-corrected chi connectivity index (χ2v) is 4.90. The number of amides is 1. The quantitative estimate of drug-likeness (QED) is 0.730. The molecule has 1 aliphatic heterocycles. The van der Waals surface area contributed by atoms with Crippen LogP contribution in [-0.4, -0.2) is 29.8 Å². The van der Waals surface area contributed by atoms with Gasteiger partial charge in [-0.05, 0) is 27.2 Å². The lowest BCUT2D eigenvalue weighted by Crippen LogP contribution is -2.41. The minimum absolute atomic E-state index is 0.0903. The summed E-state index contributed by atoms with van der Waals surface area (Å²) in [5.74, 6) is -0.377. The van der Waals surface area contributed by atoms with E-state index in [4.69, 9.17) is 9.47 Å². The highest BCUT2D eigenvalue weighted by molar-refractivity contribution is 5.83. The molecule has 0 aromatic carbocycles. The average Bonchev–Trinajstić information content (AvgIpc) is 2.44. The van der Waals surface area contributed by atoms with E-state index in [1.165, 1.54) is 0 Å². The highest BCUT2D eigenvalue weighted by Gasteiger charge is 2.35. The predicted molar refractivity (Wildman–Crippen MR) is 57.9 cm³/mol. The first-order valence-electron chi connectivity index (χ1n) is 5.52. The molecule has 0 saturated carbocycles. The Hall–Kier alpha value is -1.26. The second-order valence-electron chi connectivity index (χ2n) is 4.90. The van der Waals surface area contributed by atoms with E-state index in [0.717, 1.165) is 6.42 Å². The normalized spacial score (nSPS) is 25.1. The molecular weight excluding hydrogens is 210 g/mol. The molecule has 0 spiro atoms. The number of cyclic esters (lactones) is 1. The van der Waals surface area contributed by atoms with E-state index in [1.807, 2.05) is 6.92 Å². The lowest BCUT2D eigenvalue weighted by molar-refractivity contribution is -0.143. The first-order chi connectivity index (χ1) is 7.31. The van der Waals surface area contributed by atoms with Crippen molar-refractivity contribution in [3.05, 3.63) is 0 Å². The predicted octanol–water partition coefficient (Wildman–Crippen LogP) is 1.61. The molecule has 5 nitrogen and oxygen atoms in total. The van der Waals surface area contributed by atoms with Crippen LogP contribution in [-0.2, 0) is 14.3 Å². The molecule has 16 heavy (non-hydrogen) atoms. The molecule has 5 heteroatoms. The Morgan fingerprint density at radius 1 is 1.56 bits per heavy atom. The van der Waals surface area contributed by atoms with Crippen LogP contribution in [0.25, 0.3) is 0 Å². The number of nitrogens with one attached hydrogen (secondary N) is 1. The van der Waals surface area contributed by atoms with Crippen molar-refractivity contribution < 1.29 is 19.1 Å². The van der Waals surface area contributed by atoms with E-state index in [-0.39, 0.29) is 12.1 Å². The van der Waals surface area contributed by atoms with Crippen molar-refractivity contribution in [1.82, 2.24) is 5.32 Å². The Morgan fingerprint density at radius 2 is 2.19 bits per heavy atom. The lowest BCUT2D eigenvalue weighted by atomic mass is 10.1. The summed E-state index contributed by atoms with van der Waals surface area (Å²) in [6.07, 6.45) is 0.617. The third-order valence-corrected chi connectivity index (χ3v) is 2.21. The van der Waals surface area contributed by atoms with Crippen molar-refractivity contribution in [2.24, 2.45) is 0 Å². The monoisotopic (exact) mass is 229 g/mol. The summed E-state index contributed by atoms with van der Waals surface area (Å²) >= 11 is 0. The summed E-state index contributed by atoms with van der Waals surface area (Å²) < 4.78 is 10.1. The van der Waals surface area contributed by atoms with Crippen LogP contribution < -0.4 is 5.32 Å². The molecule has 0 aliphatic carbocycles. The van der Waals surface area contributed by atoms with Crippen molar-refractivity contribution in [3.8, 4) is 0 Å². The zero-order valence-electron chi connectivity index (χ0n) is 10.2. The number of hydrogen-bond acceptors (Lipinski definition) is 4. The van der Waals surface area contributed by atoms with Crippen LogP contribution >= 0.6 is 0 Å². The van der Waals surface area contributed by atoms with Gasteiger partial charge in [0.2, 0.25) is 0 Å². The first kappa shape index (κ1) is 12.8. The summed E-state index contributed by atoms with van der Waals surface area (Å²) in [5, 5.41) is 2.51. The topological polar surface area (TPSA) is 64.6 Å². The fourth-order valence-electron chi connectivity index (χ4n) is 1.47. The van der Waals surface area contributed by atoms with Gasteiger partial charge in [-0.3, -0.25) is 0 Å². The number of hydrogen-bond donors (Lipinski definition) is 1. The van der Waals surface area contributed by atoms with Gasteiger partial charge in [-0.25, -0.2) is 9.59 Å². The van der Waals surface area contributed by atoms with Gasteiger partial charge in [0.25, 0.3) is 0 Å². The van der Waals surface area contributed by atoms with Crippen LogP contribution in [0.4, 0.5) is 4.79 Å². The van der Waals surface area contributed by atoms with E-state index in [9.17, 15) is 9.59 Å². The fraction of sp³-hybridized carbons (Fsp3) is 0.818. The van der Waals surface area contributed by atoms with Crippen LogP contribution in [0, 0.1) is 0 Å². The number of rotatable bonds is 2. The van der Waals surface area contributed by atoms with Gasteiger partial charge in [-0.1, -0.05) is 6.92 Å². The Labute approximate surface area is 95.5 Å². The number of alkyl carbamates (subject to hydrolysis) is 1. The number of carbonyl (C=O) groups excluding carboxylic acids is 2. The summed E-state index contributed by atoms with van der Waals surface area (Å²) in [5.41, 5.74) is -0.559. The van der Waals surface area contributed by atoms with Crippen LogP contribution in [0.5, 0.6) is 0 Å². The van der Waals surface area contributed by atoms with Crippen molar-refractivity contribution in [2.75, 3.05) is 0 Å². The maximum absolute atomic E-state index is 11.4. The molecule has 0 radical (unpaired) electrons. The SMILES string of the molecule is CC[C@H]1C[C@H](NC(=O)OC(C)(C)C)C(=O)O1.